The molecule has 2 fully saturated rings. The second-order valence-corrected chi connectivity index (χ2v) is 6.42. The molecule has 0 amide bonds. The van der Waals surface area contributed by atoms with Gasteiger partial charge in [-0.2, -0.15) is 0 Å². The lowest BCUT2D eigenvalue weighted by Gasteiger charge is -2.38. The monoisotopic (exact) mass is 355 g/mol. The van der Waals surface area contributed by atoms with Crippen LogP contribution in [0, 0.1) is 5.82 Å². The first kappa shape index (κ1) is 17.9. The summed E-state index contributed by atoms with van der Waals surface area (Å²) >= 11 is 0. The van der Waals surface area contributed by atoms with E-state index in [1.165, 1.54) is 6.07 Å². The quantitative estimate of drug-likeness (QED) is 0.625. The van der Waals surface area contributed by atoms with E-state index in [0.29, 0.717) is 50.3 Å². The van der Waals surface area contributed by atoms with Crippen molar-refractivity contribution in [3.05, 3.63) is 24.0 Å². The minimum atomic E-state index is -1.21. The van der Waals surface area contributed by atoms with Gasteiger partial charge < -0.3 is 20.4 Å². The number of carbonyl (C=O) groups is 1. The second kappa shape index (κ2) is 7.52. The topological polar surface area (TPSA) is 103 Å². The van der Waals surface area contributed by atoms with Gasteiger partial charge in [0.15, 0.2) is 6.23 Å². The van der Waals surface area contributed by atoms with Crippen LogP contribution in [0.2, 0.25) is 0 Å². The van der Waals surface area contributed by atoms with E-state index in [1.807, 2.05) is 4.90 Å². The summed E-state index contributed by atoms with van der Waals surface area (Å²) in [5.41, 5.74) is 2.14. The summed E-state index contributed by atoms with van der Waals surface area (Å²) in [6, 6.07) is 4.83. The number of nitrogens with zero attached hydrogens (tertiary/aromatic N) is 1. The molecule has 2 aliphatic heterocycles. The van der Waals surface area contributed by atoms with Crippen LogP contribution in [-0.2, 0) is 14.5 Å². The normalized spacial score (nSPS) is 23.3. The van der Waals surface area contributed by atoms with E-state index in [9.17, 15) is 14.3 Å². The van der Waals surface area contributed by atoms with Crippen LogP contribution < -0.4 is 15.9 Å². The maximum Gasteiger partial charge on any atom is 0.306 e. The molecule has 2 saturated heterocycles. The smallest absolute Gasteiger partial charge is 0.306 e. The standard InChI is InChI=1S/C16H22FN3O5/c17-12-9-11(18-14-3-8-24-19-25-14)1-2-13(12)20-6-4-16(23,5-7-20)10-15(21)22/h1-2,9,14,18-19,23H,3-8,10H2,(H,21,22). The summed E-state index contributed by atoms with van der Waals surface area (Å²) in [5.74, 6) is -1.41. The highest BCUT2D eigenvalue weighted by Gasteiger charge is 2.35. The number of hydrogen-bond donors (Lipinski definition) is 4. The van der Waals surface area contributed by atoms with Crippen molar-refractivity contribution in [2.45, 2.75) is 37.5 Å². The average molecular weight is 355 g/mol. The number of anilines is 2. The third-order valence-electron chi connectivity index (χ3n) is 4.52. The van der Waals surface area contributed by atoms with Crippen LogP contribution in [0.25, 0.3) is 0 Å². The van der Waals surface area contributed by atoms with Crippen LogP contribution >= 0.6 is 0 Å². The number of hydrogen-bond acceptors (Lipinski definition) is 7. The van der Waals surface area contributed by atoms with E-state index in [-0.39, 0.29) is 18.5 Å². The van der Waals surface area contributed by atoms with Gasteiger partial charge in [0.05, 0.1) is 24.3 Å². The fourth-order valence-corrected chi connectivity index (χ4v) is 3.12. The van der Waals surface area contributed by atoms with Gasteiger partial charge in [-0.25, -0.2) is 4.39 Å². The highest BCUT2D eigenvalue weighted by molar-refractivity contribution is 5.68. The molecule has 0 radical (unpaired) electrons. The molecule has 2 heterocycles. The zero-order valence-electron chi connectivity index (χ0n) is 13.7. The third kappa shape index (κ3) is 4.57. The Morgan fingerprint density at radius 2 is 2.20 bits per heavy atom. The molecule has 3 rings (SSSR count). The number of carboxylic acids is 1. The molecule has 1 aromatic rings. The zero-order chi connectivity index (χ0) is 17.9. The van der Waals surface area contributed by atoms with Crippen LogP contribution in [0.3, 0.4) is 0 Å². The summed E-state index contributed by atoms with van der Waals surface area (Å²) in [4.78, 5) is 22.6. The van der Waals surface area contributed by atoms with E-state index in [4.69, 9.17) is 14.8 Å². The Kier molecular flexibility index (Phi) is 5.38. The first-order valence-corrected chi connectivity index (χ1v) is 8.23. The third-order valence-corrected chi connectivity index (χ3v) is 4.52. The lowest BCUT2D eigenvalue weighted by Crippen LogP contribution is -2.45. The van der Waals surface area contributed by atoms with Crippen LogP contribution in [0.4, 0.5) is 15.8 Å². The number of nitrogens with one attached hydrogen (secondary N) is 2. The molecule has 1 unspecified atom stereocenters. The predicted octanol–water partition coefficient (Wildman–Crippen LogP) is 1.23. The Morgan fingerprint density at radius 1 is 1.44 bits per heavy atom. The predicted molar refractivity (Wildman–Crippen MR) is 87.3 cm³/mol. The Hall–Kier alpha value is -1.94. The molecule has 1 atom stereocenters. The molecule has 8 nitrogen and oxygen atoms in total. The SMILES string of the molecule is O=C(O)CC1(O)CCN(c2ccc(NC3CCONO3)cc2F)CC1. The molecular weight excluding hydrogens is 333 g/mol. The molecule has 138 valence electrons. The highest BCUT2D eigenvalue weighted by atomic mass is 19.1. The van der Waals surface area contributed by atoms with Crippen molar-refractivity contribution in [3.63, 3.8) is 0 Å². The molecule has 0 spiro atoms. The Morgan fingerprint density at radius 3 is 2.80 bits per heavy atom. The lowest BCUT2D eigenvalue weighted by molar-refractivity contribution is -0.231. The van der Waals surface area contributed by atoms with E-state index >= 15 is 0 Å². The molecule has 25 heavy (non-hydrogen) atoms. The maximum atomic E-state index is 14.5. The summed E-state index contributed by atoms with van der Waals surface area (Å²) in [7, 11) is 0. The highest BCUT2D eigenvalue weighted by Crippen LogP contribution is 2.31. The van der Waals surface area contributed by atoms with E-state index in [2.05, 4.69) is 11.0 Å². The van der Waals surface area contributed by atoms with Gasteiger partial charge in [0.1, 0.15) is 5.82 Å². The summed E-state index contributed by atoms with van der Waals surface area (Å²) < 4.78 is 14.5. The first-order chi connectivity index (χ1) is 12.0. The van der Waals surface area contributed by atoms with Crippen molar-refractivity contribution in [1.82, 2.24) is 5.64 Å². The minimum Gasteiger partial charge on any atom is -0.481 e. The molecule has 0 aliphatic carbocycles. The molecule has 0 aromatic heterocycles. The molecule has 9 heteroatoms. The fraction of sp³-hybridized carbons (Fsp3) is 0.562. The fourth-order valence-electron chi connectivity index (χ4n) is 3.12. The maximum absolute atomic E-state index is 14.5. The Balaban J connectivity index is 1.61. The van der Waals surface area contributed by atoms with E-state index in [0.717, 1.165) is 0 Å². The van der Waals surface area contributed by atoms with Crippen molar-refractivity contribution < 1.29 is 29.1 Å². The number of aliphatic hydroxyl groups is 1. The van der Waals surface area contributed by atoms with Gasteiger partial charge in [-0.05, 0) is 31.0 Å². The molecule has 2 aliphatic rings. The van der Waals surface area contributed by atoms with Crippen molar-refractivity contribution in [3.8, 4) is 0 Å². The van der Waals surface area contributed by atoms with Gasteiger partial charge >= 0.3 is 5.97 Å². The molecular formula is C16H22FN3O5. The number of benzene rings is 1. The van der Waals surface area contributed by atoms with Crippen LogP contribution in [-0.4, -0.2) is 47.7 Å². The molecule has 0 saturated carbocycles. The van der Waals surface area contributed by atoms with Crippen molar-refractivity contribution in [2.75, 3.05) is 29.9 Å². The Bertz CT molecular complexity index is 616. The van der Waals surface area contributed by atoms with Gasteiger partial charge in [-0.3, -0.25) is 14.5 Å². The number of halogens is 1. The second-order valence-electron chi connectivity index (χ2n) is 6.42. The Labute approximate surface area is 144 Å². The van der Waals surface area contributed by atoms with Gasteiger partial charge in [0.2, 0.25) is 0 Å². The van der Waals surface area contributed by atoms with Gasteiger partial charge in [0, 0.05) is 25.2 Å². The minimum absolute atomic E-state index is 0.286. The van der Waals surface area contributed by atoms with Gasteiger partial charge in [-0.15, -0.1) is 0 Å². The largest absolute Gasteiger partial charge is 0.481 e. The molecule has 1 aromatic carbocycles. The summed E-state index contributed by atoms with van der Waals surface area (Å²) in [6.45, 7) is 1.30. The lowest BCUT2D eigenvalue weighted by atomic mass is 9.88. The zero-order valence-corrected chi connectivity index (χ0v) is 13.7. The van der Waals surface area contributed by atoms with Crippen molar-refractivity contribution >= 4 is 17.3 Å². The first-order valence-electron chi connectivity index (χ1n) is 8.23. The number of aliphatic carboxylic acids is 1. The van der Waals surface area contributed by atoms with E-state index < -0.39 is 11.6 Å². The van der Waals surface area contributed by atoms with Crippen LogP contribution in [0.1, 0.15) is 25.7 Å². The summed E-state index contributed by atoms with van der Waals surface area (Å²) in [5, 5.41) is 22.2. The number of carboxylic acid groups (broad SMARTS) is 1. The average Bonchev–Trinajstić information content (AvgIpc) is 2.56. The van der Waals surface area contributed by atoms with E-state index in [1.54, 1.807) is 12.1 Å². The van der Waals surface area contributed by atoms with Crippen molar-refractivity contribution in [2.24, 2.45) is 0 Å². The van der Waals surface area contributed by atoms with Crippen LogP contribution in [0.5, 0.6) is 0 Å². The summed E-state index contributed by atoms with van der Waals surface area (Å²) in [6.07, 6.45) is 0.622. The van der Waals surface area contributed by atoms with Gasteiger partial charge in [-0.1, -0.05) is 5.64 Å². The van der Waals surface area contributed by atoms with Gasteiger partial charge in [0.25, 0.3) is 0 Å². The number of rotatable bonds is 5. The molecule has 4 N–H and O–H groups in total. The van der Waals surface area contributed by atoms with Crippen LogP contribution in [0.15, 0.2) is 18.2 Å². The number of piperidine rings is 1. The molecule has 0 bridgehead atoms. The van der Waals surface area contributed by atoms with Crippen molar-refractivity contribution in [1.29, 1.82) is 0 Å².